The molecular formula is C26H37NO3. The fourth-order valence-corrected chi connectivity index (χ4v) is 4.06. The highest BCUT2D eigenvalue weighted by atomic mass is 16.5. The molecule has 30 heavy (non-hydrogen) atoms. The van der Waals surface area contributed by atoms with Crippen molar-refractivity contribution in [2.45, 2.75) is 45.1 Å². The van der Waals surface area contributed by atoms with Crippen molar-refractivity contribution in [3.63, 3.8) is 0 Å². The van der Waals surface area contributed by atoms with Gasteiger partial charge < -0.3 is 19.5 Å². The van der Waals surface area contributed by atoms with Crippen LogP contribution in [-0.4, -0.2) is 55.6 Å². The number of hydrogen-bond donors (Lipinski definition) is 1. The Labute approximate surface area is 181 Å². The second kappa shape index (κ2) is 12.1. The summed E-state index contributed by atoms with van der Waals surface area (Å²) < 4.78 is 11.3. The van der Waals surface area contributed by atoms with E-state index in [4.69, 9.17) is 9.47 Å². The number of rotatable bonds is 11. The second-order valence-corrected chi connectivity index (χ2v) is 8.73. The summed E-state index contributed by atoms with van der Waals surface area (Å²) in [6.07, 6.45) is 3.12. The van der Waals surface area contributed by atoms with E-state index in [0.29, 0.717) is 32.3 Å². The van der Waals surface area contributed by atoms with Gasteiger partial charge in [0.05, 0.1) is 19.3 Å². The number of nitrogens with zero attached hydrogens (tertiary/aromatic N) is 1. The van der Waals surface area contributed by atoms with E-state index in [9.17, 15) is 5.11 Å². The molecular weight excluding hydrogens is 374 g/mol. The molecule has 3 rings (SSSR count). The molecule has 2 aromatic carbocycles. The maximum Gasteiger partial charge on any atom is 0.119 e. The number of aliphatic hydroxyl groups excluding tert-OH is 1. The molecule has 1 N–H and O–H groups in total. The molecule has 0 unspecified atom stereocenters. The minimum atomic E-state index is -0.444. The lowest BCUT2D eigenvalue weighted by Gasteiger charge is -2.33. The molecule has 0 bridgehead atoms. The smallest absolute Gasteiger partial charge is 0.119 e. The van der Waals surface area contributed by atoms with Crippen molar-refractivity contribution in [3.8, 4) is 5.75 Å². The molecule has 2 aromatic rings. The number of aliphatic hydroxyl groups is 1. The van der Waals surface area contributed by atoms with E-state index in [1.807, 2.05) is 12.1 Å². The van der Waals surface area contributed by atoms with Gasteiger partial charge in [-0.1, -0.05) is 56.3 Å². The van der Waals surface area contributed by atoms with E-state index < -0.39 is 6.10 Å². The van der Waals surface area contributed by atoms with Crippen molar-refractivity contribution in [1.29, 1.82) is 0 Å². The van der Waals surface area contributed by atoms with E-state index in [1.54, 1.807) is 0 Å². The topological polar surface area (TPSA) is 41.9 Å². The van der Waals surface area contributed by atoms with Gasteiger partial charge in [0.15, 0.2) is 0 Å². The Morgan fingerprint density at radius 3 is 2.33 bits per heavy atom. The van der Waals surface area contributed by atoms with Crippen LogP contribution >= 0.6 is 0 Å². The molecule has 4 nitrogen and oxygen atoms in total. The van der Waals surface area contributed by atoms with Crippen molar-refractivity contribution in [2.24, 2.45) is 5.92 Å². The summed E-state index contributed by atoms with van der Waals surface area (Å²) in [5.41, 5.74) is 2.74. The summed E-state index contributed by atoms with van der Waals surface area (Å²) in [5.74, 6) is 2.14. The summed E-state index contributed by atoms with van der Waals surface area (Å²) in [6, 6.07) is 19.0. The maximum atomic E-state index is 10.3. The molecule has 1 fully saturated rings. The Morgan fingerprint density at radius 1 is 0.967 bits per heavy atom. The van der Waals surface area contributed by atoms with E-state index in [2.05, 4.69) is 61.2 Å². The van der Waals surface area contributed by atoms with Crippen LogP contribution in [0.4, 0.5) is 0 Å². The summed E-state index contributed by atoms with van der Waals surface area (Å²) in [7, 11) is 0. The van der Waals surface area contributed by atoms with Crippen LogP contribution in [-0.2, 0) is 11.2 Å². The van der Waals surface area contributed by atoms with Crippen LogP contribution in [0.15, 0.2) is 54.6 Å². The molecule has 1 atom stereocenters. The van der Waals surface area contributed by atoms with Crippen molar-refractivity contribution in [2.75, 3.05) is 39.5 Å². The highest BCUT2D eigenvalue weighted by Crippen LogP contribution is 2.22. The van der Waals surface area contributed by atoms with E-state index in [1.165, 1.54) is 30.4 Å². The zero-order valence-corrected chi connectivity index (χ0v) is 18.5. The molecule has 1 saturated heterocycles. The summed E-state index contributed by atoms with van der Waals surface area (Å²) in [5, 5.41) is 10.3. The van der Waals surface area contributed by atoms with Gasteiger partial charge in [-0.25, -0.2) is 0 Å². The van der Waals surface area contributed by atoms with E-state index in [-0.39, 0.29) is 0 Å². The van der Waals surface area contributed by atoms with Gasteiger partial charge in [0.1, 0.15) is 12.4 Å². The van der Waals surface area contributed by atoms with Gasteiger partial charge in [-0.2, -0.15) is 0 Å². The summed E-state index contributed by atoms with van der Waals surface area (Å²) in [6.45, 7) is 8.52. The zero-order valence-electron chi connectivity index (χ0n) is 18.5. The standard InChI is InChI=1S/C26H37NO3/c1-21(2)24-8-10-26(11-9-24)30-17-16-29-20-25(28)19-27-14-12-23(13-15-27)18-22-6-4-3-5-7-22/h3-11,21,23,25,28H,12-20H2,1-2H3/t25-/m0/s1. The van der Waals surface area contributed by atoms with Crippen LogP contribution in [0.2, 0.25) is 0 Å². The van der Waals surface area contributed by atoms with Crippen molar-refractivity contribution in [3.05, 3.63) is 65.7 Å². The molecule has 0 aromatic heterocycles. The molecule has 164 valence electrons. The van der Waals surface area contributed by atoms with E-state index >= 15 is 0 Å². The van der Waals surface area contributed by atoms with Gasteiger partial charge in [0.2, 0.25) is 0 Å². The monoisotopic (exact) mass is 411 g/mol. The van der Waals surface area contributed by atoms with Crippen LogP contribution in [0.3, 0.4) is 0 Å². The average molecular weight is 412 g/mol. The first-order valence-corrected chi connectivity index (χ1v) is 11.3. The van der Waals surface area contributed by atoms with Gasteiger partial charge in [-0.05, 0) is 67.4 Å². The van der Waals surface area contributed by atoms with Crippen LogP contribution < -0.4 is 4.74 Å². The molecule has 0 spiro atoms. The van der Waals surface area contributed by atoms with E-state index in [0.717, 1.165) is 24.8 Å². The first kappa shape index (κ1) is 22.8. The first-order chi connectivity index (χ1) is 14.6. The van der Waals surface area contributed by atoms with Gasteiger partial charge >= 0.3 is 0 Å². The van der Waals surface area contributed by atoms with Crippen LogP contribution in [0.5, 0.6) is 5.75 Å². The van der Waals surface area contributed by atoms with Crippen molar-refractivity contribution >= 4 is 0 Å². The summed E-state index contributed by atoms with van der Waals surface area (Å²) >= 11 is 0. The van der Waals surface area contributed by atoms with Crippen LogP contribution in [0, 0.1) is 5.92 Å². The minimum absolute atomic E-state index is 0.361. The van der Waals surface area contributed by atoms with Gasteiger partial charge in [-0.15, -0.1) is 0 Å². The molecule has 0 saturated carbocycles. The normalized spacial score (nSPS) is 16.7. The molecule has 4 heteroatoms. The maximum absolute atomic E-state index is 10.3. The second-order valence-electron chi connectivity index (χ2n) is 8.73. The molecule has 1 heterocycles. The lowest BCUT2D eigenvalue weighted by molar-refractivity contribution is 0.00291. The quantitative estimate of drug-likeness (QED) is 0.552. The van der Waals surface area contributed by atoms with Gasteiger partial charge in [-0.3, -0.25) is 0 Å². The molecule has 0 amide bonds. The average Bonchev–Trinajstić information content (AvgIpc) is 2.76. The number of ether oxygens (including phenoxy) is 2. The number of likely N-dealkylation sites (tertiary alicyclic amines) is 1. The Morgan fingerprint density at radius 2 is 1.67 bits per heavy atom. The van der Waals surface area contributed by atoms with Gasteiger partial charge in [0, 0.05) is 6.54 Å². The van der Waals surface area contributed by atoms with Crippen LogP contribution in [0.25, 0.3) is 0 Å². The zero-order chi connectivity index (χ0) is 21.2. The summed E-state index contributed by atoms with van der Waals surface area (Å²) in [4.78, 5) is 2.36. The Kier molecular flexibility index (Phi) is 9.19. The highest BCUT2D eigenvalue weighted by molar-refractivity contribution is 5.28. The predicted octanol–water partition coefficient (Wildman–Crippen LogP) is 4.52. The first-order valence-electron chi connectivity index (χ1n) is 11.3. The Balaban J connectivity index is 1.24. The third kappa shape index (κ3) is 7.75. The minimum Gasteiger partial charge on any atom is -0.491 e. The SMILES string of the molecule is CC(C)c1ccc(OCCOC[C@@H](O)CN2CCC(Cc3ccccc3)CC2)cc1. The van der Waals surface area contributed by atoms with Gasteiger partial charge in [0.25, 0.3) is 0 Å². The highest BCUT2D eigenvalue weighted by Gasteiger charge is 2.21. The number of hydrogen-bond acceptors (Lipinski definition) is 4. The molecule has 1 aliphatic heterocycles. The fraction of sp³-hybridized carbons (Fsp3) is 0.538. The molecule has 0 radical (unpaired) electrons. The van der Waals surface area contributed by atoms with Crippen LogP contribution in [0.1, 0.15) is 43.7 Å². The number of benzene rings is 2. The number of piperidine rings is 1. The molecule has 1 aliphatic rings. The predicted molar refractivity (Wildman–Crippen MR) is 122 cm³/mol. The Hall–Kier alpha value is -1.88. The Bertz CT molecular complexity index is 709. The van der Waals surface area contributed by atoms with Crippen molar-refractivity contribution in [1.82, 2.24) is 4.90 Å². The third-order valence-electron chi connectivity index (χ3n) is 5.90. The largest absolute Gasteiger partial charge is 0.491 e. The van der Waals surface area contributed by atoms with Crippen molar-refractivity contribution < 1.29 is 14.6 Å². The third-order valence-corrected chi connectivity index (χ3v) is 5.90. The lowest BCUT2D eigenvalue weighted by Crippen LogP contribution is -2.40. The fourth-order valence-electron chi connectivity index (χ4n) is 4.06. The number of β-amino-alcohol motifs (C(OH)–C–C–N with tert-alkyl or cyclic N) is 1. The molecule has 0 aliphatic carbocycles. The lowest BCUT2D eigenvalue weighted by atomic mass is 9.90.